The van der Waals surface area contributed by atoms with Crippen LogP contribution in [0.3, 0.4) is 0 Å². The number of hydrogen-bond donors (Lipinski definition) is 1. The molecule has 1 aromatic heterocycles. The van der Waals surface area contributed by atoms with Crippen molar-refractivity contribution >= 4 is 16.8 Å². The summed E-state index contributed by atoms with van der Waals surface area (Å²) in [7, 11) is 0. The topological polar surface area (TPSA) is 51.2 Å². The highest BCUT2D eigenvalue weighted by Gasteiger charge is 2.01. The van der Waals surface area contributed by atoms with Gasteiger partial charge in [-0.05, 0) is 18.6 Å². The van der Waals surface area contributed by atoms with Crippen molar-refractivity contribution in [1.29, 1.82) is 0 Å². The predicted octanol–water partition coefficient (Wildman–Crippen LogP) is 2.92. The number of amides is 1. The van der Waals surface area contributed by atoms with Crippen LogP contribution in [0.15, 0.2) is 36.5 Å². The number of para-hydroxylation sites is 1. The molecule has 0 bridgehead atoms. The Morgan fingerprint density at radius 2 is 2.14 bits per heavy atom. The number of nitrogens with one attached hydrogen (secondary N) is 1. The maximum atomic E-state index is 11.4. The van der Waals surface area contributed by atoms with Crippen LogP contribution < -0.4 is 10.1 Å². The van der Waals surface area contributed by atoms with Crippen LogP contribution in [0.25, 0.3) is 10.9 Å². The van der Waals surface area contributed by atoms with Crippen LogP contribution in [0.5, 0.6) is 5.75 Å². The van der Waals surface area contributed by atoms with E-state index in [1.807, 2.05) is 30.3 Å². The number of nitrogens with zero attached hydrogens (tertiary/aromatic N) is 1. The van der Waals surface area contributed by atoms with Crippen LogP contribution in [0.1, 0.15) is 26.2 Å². The van der Waals surface area contributed by atoms with Gasteiger partial charge in [0.25, 0.3) is 0 Å². The van der Waals surface area contributed by atoms with Gasteiger partial charge in [0.1, 0.15) is 17.9 Å². The Balaban J connectivity index is 1.79. The molecular weight excluding hydrogens is 276 g/mol. The second kappa shape index (κ2) is 8.68. The van der Waals surface area contributed by atoms with E-state index in [0.717, 1.165) is 29.5 Å². The molecule has 2 rings (SSSR count). The first kappa shape index (κ1) is 15.8. The molecule has 1 N–H and O–H groups in total. The van der Waals surface area contributed by atoms with E-state index in [0.29, 0.717) is 13.0 Å². The molecule has 0 aliphatic rings. The average Bonchev–Trinajstić information content (AvgIpc) is 2.56. The van der Waals surface area contributed by atoms with Gasteiger partial charge in [0, 0.05) is 18.0 Å². The fourth-order valence-corrected chi connectivity index (χ4v) is 1.99. The SMILES string of the molecule is CCCCC(=O)NCC#CCOc1cccc2cccnc12. The molecule has 1 heterocycles. The van der Waals surface area contributed by atoms with Gasteiger partial charge in [-0.15, -0.1) is 0 Å². The van der Waals surface area contributed by atoms with E-state index in [1.54, 1.807) is 6.20 Å². The van der Waals surface area contributed by atoms with Crippen molar-refractivity contribution in [3.63, 3.8) is 0 Å². The van der Waals surface area contributed by atoms with Gasteiger partial charge in [-0.3, -0.25) is 9.78 Å². The van der Waals surface area contributed by atoms with Gasteiger partial charge in [-0.2, -0.15) is 0 Å². The van der Waals surface area contributed by atoms with Gasteiger partial charge < -0.3 is 10.1 Å². The van der Waals surface area contributed by atoms with Gasteiger partial charge in [0.05, 0.1) is 6.54 Å². The number of hydrogen-bond acceptors (Lipinski definition) is 3. The summed E-state index contributed by atoms with van der Waals surface area (Å²) in [5, 5.41) is 3.80. The second-order valence-corrected chi connectivity index (χ2v) is 4.85. The molecule has 1 aromatic carbocycles. The summed E-state index contributed by atoms with van der Waals surface area (Å²) in [6, 6.07) is 9.69. The standard InChI is InChI=1S/C18H20N2O2/c1-2-3-11-17(21)19-12-4-5-14-22-16-10-6-8-15-9-7-13-20-18(15)16/h6-10,13H,2-3,11-12,14H2,1H3,(H,19,21). The molecular formula is C18H20N2O2. The maximum Gasteiger partial charge on any atom is 0.220 e. The van der Waals surface area contributed by atoms with Crippen molar-refractivity contribution in [1.82, 2.24) is 10.3 Å². The fourth-order valence-electron chi connectivity index (χ4n) is 1.99. The van der Waals surface area contributed by atoms with Gasteiger partial charge in [-0.1, -0.05) is 43.4 Å². The fraction of sp³-hybridized carbons (Fsp3) is 0.333. The van der Waals surface area contributed by atoms with E-state index < -0.39 is 0 Å². The Bertz CT molecular complexity index is 681. The van der Waals surface area contributed by atoms with E-state index in [4.69, 9.17) is 4.74 Å². The molecule has 1 amide bonds. The van der Waals surface area contributed by atoms with Gasteiger partial charge in [0.2, 0.25) is 5.91 Å². The zero-order valence-electron chi connectivity index (χ0n) is 12.8. The van der Waals surface area contributed by atoms with Crippen LogP contribution in [-0.2, 0) is 4.79 Å². The highest BCUT2D eigenvalue weighted by molar-refractivity contribution is 5.84. The Morgan fingerprint density at radius 1 is 1.27 bits per heavy atom. The molecule has 0 fully saturated rings. The minimum absolute atomic E-state index is 0.0512. The lowest BCUT2D eigenvalue weighted by Crippen LogP contribution is -2.23. The maximum absolute atomic E-state index is 11.4. The highest BCUT2D eigenvalue weighted by atomic mass is 16.5. The van der Waals surface area contributed by atoms with E-state index in [9.17, 15) is 4.79 Å². The van der Waals surface area contributed by atoms with Gasteiger partial charge >= 0.3 is 0 Å². The Morgan fingerprint density at radius 3 is 3.00 bits per heavy atom. The lowest BCUT2D eigenvalue weighted by Gasteiger charge is -2.05. The monoisotopic (exact) mass is 296 g/mol. The molecule has 22 heavy (non-hydrogen) atoms. The van der Waals surface area contributed by atoms with Crippen molar-refractivity contribution in [2.24, 2.45) is 0 Å². The van der Waals surface area contributed by atoms with Gasteiger partial charge in [0.15, 0.2) is 0 Å². The molecule has 0 radical (unpaired) electrons. The van der Waals surface area contributed by atoms with E-state index in [2.05, 4.69) is 29.1 Å². The third kappa shape index (κ3) is 4.78. The summed E-state index contributed by atoms with van der Waals surface area (Å²) in [6.45, 7) is 2.70. The van der Waals surface area contributed by atoms with Crippen LogP contribution in [-0.4, -0.2) is 24.0 Å². The predicted molar refractivity (Wildman–Crippen MR) is 87.5 cm³/mol. The number of unbranched alkanes of at least 4 members (excludes halogenated alkanes) is 1. The molecule has 4 heteroatoms. The molecule has 0 aliphatic heterocycles. The number of carbonyl (C=O) groups is 1. The van der Waals surface area contributed by atoms with Gasteiger partial charge in [-0.25, -0.2) is 0 Å². The molecule has 114 valence electrons. The van der Waals surface area contributed by atoms with Crippen LogP contribution >= 0.6 is 0 Å². The zero-order chi connectivity index (χ0) is 15.6. The molecule has 0 atom stereocenters. The first-order valence-corrected chi connectivity index (χ1v) is 7.50. The third-order valence-corrected chi connectivity index (χ3v) is 3.15. The first-order chi connectivity index (χ1) is 10.8. The molecule has 4 nitrogen and oxygen atoms in total. The van der Waals surface area contributed by atoms with Crippen molar-refractivity contribution in [3.05, 3.63) is 36.5 Å². The minimum atomic E-state index is 0.0512. The average molecular weight is 296 g/mol. The Labute approximate surface area is 130 Å². The van der Waals surface area contributed by atoms with Crippen molar-refractivity contribution in [3.8, 4) is 17.6 Å². The third-order valence-electron chi connectivity index (χ3n) is 3.15. The summed E-state index contributed by atoms with van der Waals surface area (Å²) in [4.78, 5) is 15.7. The molecule has 0 saturated heterocycles. The first-order valence-electron chi connectivity index (χ1n) is 7.50. The Kier molecular flexibility index (Phi) is 6.25. The van der Waals surface area contributed by atoms with Crippen molar-refractivity contribution < 1.29 is 9.53 Å². The molecule has 2 aromatic rings. The quantitative estimate of drug-likeness (QED) is 0.834. The van der Waals surface area contributed by atoms with Crippen LogP contribution in [0.2, 0.25) is 0 Å². The Hall–Kier alpha value is -2.54. The second-order valence-electron chi connectivity index (χ2n) is 4.85. The summed E-state index contributed by atoms with van der Waals surface area (Å²) in [5.74, 6) is 6.55. The largest absolute Gasteiger partial charge is 0.479 e. The van der Waals surface area contributed by atoms with E-state index in [-0.39, 0.29) is 12.5 Å². The number of rotatable bonds is 6. The number of ether oxygens (including phenoxy) is 1. The number of carbonyl (C=O) groups excluding carboxylic acids is 1. The number of aromatic nitrogens is 1. The van der Waals surface area contributed by atoms with E-state index >= 15 is 0 Å². The van der Waals surface area contributed by atoms with Crippen molar-refractivity contribution in [2.75, 3.05) is 13.2 Å². The summed E-state index contributed by atoms with van der Waals surface area (Å²) in [6.07, 6.45) is 4.24. The van der Waals surface area contributed by atoms with E-state index in [1.165, 1.54) is 0 Å². The highest BCUT2D eigenvalue weighted by Crippen LogP contribution is 2.22. The number of benzene rings is 1. The normalized spacial score (nSPS) is 9.86. The van der Waals surface area contributed by atoms with Crippen LogP contribution in [0.4, 0.5) is 0 Å². The van der Waals surface area contributed by atoms with Crippen LogP contribution in [0, 0.1) is 11.8 Å². The minimum Gasteiger partial charge on any atom is -0.479 e. The number of pyridine rings is 1. The molecule has 0 spiro atoms. The van der Waals surface area contributed by atoms with Crippen molar-refractivity contribution in [2.45, 2.75) is 26.2 Å². The lowest BCUT2D eigenvalue weighted by molar-refractivity contribution is -0.120. The summed E-state index contributed by atoms with van der Waals surface area (Å²) < 4.78 is 5.64. The zero-order valence-corrected chi connectivity index (χ0v) is 12.8. The smallest absolute Gasteiger partial charge is 0.220 e. The lowest BCUT2D eigenvalue weighted by atomic mass is 10.2. The number of fused-ring (bicyclic) bond motifs is 1. The summed E-state index contributed by atoms with van der Waals surface area (Å²) >= 11 is 0. The molecule has 0 aliphatic carbocycles. The molecule has 0 unspecified atom stereocenters. The molecule has 0 saturated carbocycles. The summed E-state index contributed by atoms with van der Waals surface area (Å²) in [5.41, 5.74) is 0.833.